The molecule has 104 valence electrons. The average molecular weight is 242 g/mol. The monoisotopic (exact) mass is 242 g/mol. The van der Waals surface area contributed by atoms with Gasteiger partial charge in [0.2, 0.25) is 0 Å². The molecule has 2 saturated heterocycles. The van der Waals surface area contributed by atoms with Crippen LogP contribution in [0.4, 0.5) is 0 Å². The van der Waals surface area contributed by atoms with Gasteiger partial charge in [0.25, 0.3) is 0 Å². The summed E-state index contributed by atoms with van der Waals surface area (Å²) in [5.41, 5.74) is 0. The fourth-order valence-corrected chi connectivity index (χ4v) is 2.48. The number of nitrogens with zero attached hydrogens (tertiary/aromatic N) is 1. The highest BCUT2D eigenvalue weighted by Crippen LogP contribution is 2.18. The summed E-state index contributed by atoms with van der Waals surface area (Å²) in [5.74, 6) is 1.91. The first-order chi connectivity index (χ1) is 8.34. The van der Waals surface area contributed by atoms with Gasteiger partial charge in [-0.15, -0.1) is 0 Å². The average Bonchev–Trinajstić information content (AvgIpc) is 2.90. The third-order valence-electron chi connectivity index (χ3n) is 3.56. The molecule has 2 rings (SSSR count). The van der Waals surface area contributed by atoms with Crippen LogP contribution in [0.15, 0.2) is 0 Å². The Labute approximate surface area is 109 Å². The van der Waals surface area contributed by atoms with Crippen LogP contribution < -0.4 is 5.32 Å². The second kappa shape index (κ2) is 11.0. The molecular formula is C15H34N2. The molecule has 0 unspecified atom stereocenters. The van der Waals surface area contributed by atoms with Crippen molar-refractivity contribution in [2.75, 3.05) is 32.7 Å². The van der Waals surface area contributed by atoms with Crippen molar-refractivity contribution in [2.24, 2.45) is 11.8 Å². The normalized spacial score (nSPS) is 25.6. The highest BCUT2D eigenvalue weighted by Gasteiger charge is 2.21. The molecule has 0 amide bonds. The molecule has 1 atom stereocenters. The minimum atomic E-state index is 0.938. The number of hydrogen-bond donors (Lipinski definition) is 1. The molecule has 2 aliphatic rings. The third kappa shape index (κ3) is 7.05. The lowest BCUT2D eigenvalue weighted by Gasteiger charge is -2.31. The predicted octanol–water partition coefficient (Wildman–Crippen LogP) is 3.38. The van der Waals surface area contributed by atoms with Crippen molar-refractivity contribution in [3.63, 3.8) is 0 Å². The summed E-state index contributed by atoms with van der Waals surface area (Å²) in [6.45, 7) is 16.9. The van der Waals surface area contributed by atoms with Gasteiger partial charge in [-0.2, -0.15) is 0 Å². The number of rotatable bonds is 2. The second-order valence-corrected chi connectivity index (χ2v) is 4.84. The largest absolute Gasteiger partial charge is 0.316 e. The van der Waals surface area contributed by atoms with E-state index in [9.17, 15) is 0 Å². The number of likely N-dealkylation sites (tertiary alicyclic amines) is 1. The maximum absolute atomic E-state index is 3.44. The van der Waals surface area contributed by atoms with Crippen molar-refractivity contribution in [3.05, 3.63) is 0 Å². The highest BCUT2D eigenvalue weighted by atomic mass is 15.1. The van der Waals surface area contributed by atoms with Crippen LogP contribution in [0.1, 0.15) is 53.9 Å². The number of hydrogen-bond acceptors (Lipinski definition) is 2. The van der Waals surface area contributed by atoms with Crippen molar-refractivity contribution in [3.8, 4) is 0 Å². The lowest BCUT2D eigenvalue weighted by atomic mass is 9.98. The van der Waals surface area contributed by atoms with Gasteiger partial charge in [-0.3, -0.25) is 0 Å². The van der Waals surface area contributed by atoms with E-state index in [0.29, 0.717) is 0 Å². The van der Waals surface area contributed by atoms with Crippen LogP contribution in [-0.2, 0) is 0 Å². The molecule has 0 aromatic carbocycles. The summed E-state index contributed by atoms with van der Waals surface area (Å²) in [6.07, 6.45) is 4.23. The quantitative estimate of drug-likeness (QED) is 0.798. The summed E-state index contributed by atoms with van der Waals surface area (Å²) >= 11 is 0. The van der Waals surface area contributed by atoms with Gasteiger partial charge in [-0.05, 0) is 57.3 Å². The molecule has 0 aliphatic carbocycles. The van der Waals surface area contributed by atoms with E-state index in [4.69, 9.17) is 0 Å². The molecule has 0 bridgehead atoms. The number of nitrogens with one attached hydrogen (secondary N) is 1. The molecular weight excluding hydrogens is 208 g/mol. The third-order valence-corrected chi connectivity index (χ3v) is 3.56. The summed E-state index contributed by atoms with van der Waals surface area (Å²) in [7, 11) is 0. The van der Waals surface area contributed by atoms with Gasteiger partial charge in [0, 0.05) is 6.54 Å². The number of piperidine rings is 1. The minimum absolute atomic E-state index is 0.938. The summed E-state index contributed by atoms with van der Waals surface area (Å²) < 4.78 is 0. The molecule has 2 heterocycles. The summed E-state index contributed by atoms with van der Waals surface area (Å²) in [6, 6.07) is 0. The van der Waals surface area contributed by atoms with Crippen molar-refractivity contribution in [1.29, 1.82) is 0 Å². The molecule has 1 N–H and O–H groups in total. The van der Waals surface area contributed by atoms with Crippen LogP contribution in [0.3, 0.4) is 0 Å². The van der Waals surface area contributed by atoms with E-state index in [2.05, 4.69) is 17.1 Å². The Morgan fingerprint density at radius 3 is 2.06 bits per heavy atom. The zero-order valence-corrected chi connectivity index (χ0v) is 12.8. The smallest absolute Gasteiger partial charge is 0.00223 e. The Morgan fingerprint density at radius 1 is 1.00 bits per heavy atom. The molecule has 0 saturated carbocycles. The molecule has 2 fully saturated rings. The first-order valence-corrected chi connectivity index (χ1v) is 7.77. The topological polar surface area (TPSA) is 15.3 Å². The molecule has 0 spiro atoms. The fraction of sp³-hybridized carbons (Fsp3) is 1.00. The minimum Gasteiger partial charge on any atom is -0.316 e. The Morgan fingerprint density at radius 2 is 1.59 bits per heavy atom. The second-order valence-electron chi connectivity index (χ2n) is 4.84. The van der Waals surface area contributed by atoms with Crippen LogP contribution >= 0.6 is 0 Å². The van der Waals surface area contributed by atoms with E-state index in [-0.39, 0.29) is 0 Å². The molecule has 2 aliphatic heterocycles. The van der Waals surface area contributed by atoms with Gasteiger partial charge in [-0.1, -0.05) is 34.6 Å². The van der Waals surface area contributed by atoms with Gasteiger partial charge >= 0.3 is 0 Å². The van der Waals surface area contributed by atoms with E-state index >= 15 is 0 Å². The maximum Gasteiger partial charge on any atom is 0.00223 e. The van der Waals surface area contributed by atoms with E-state index in [1.54, 1.807) is 0 Å². The fourth-order valence-electron chi connectivity index (χ4n) is 2.48. The van der Waals surface area contributed by atoms with Crippen molar-refractivity contribution >= 4 is 0 Å². The Kier molecular flexibility index (Phi) is 11.0. The molecule has 0 aromatic rings. The predicted molar refractivity (Wildman–Crippen MR) is 78.5 cm³/mol. The van der Waals surface area contributed by atoms with Gasteiger partial charge in [0.15, 0.2) is 0 Å². The Balaban J connectivity index is 0.000000581. The highest BCUT2D eigenvalue weighted by molar-refractivity contribution is 4.77. The summed E-state index contributed by atoms with van der Waals surface area (Å²) in [5, 5.41) is 3.44. The molecule has 2 heteroatoms. The van der Waals surface area contributed by atoms with E-state index < -0.39 is 0 Å². The zero-order valence-electron chi connectivity index (χ0n) is 12.8. The van der Waals surface area contributed by atoms with Crippen molar-refractivity contribution < 1.29 is 0 Å². The molecule has 17 heavy (non-hydrogen) atoms. The lowest BCUT2D eigenvalue weighted by Crippen LogP contribution is -2.37. The van der Waals surface area contributed by atoms with Crippen LogP contribution in [0, 0.1) is 11.8 Å². The van der Waals surface area contributed by atoms with Crippen molar-refractivity contribution in [1.82, 2.24) is 10.2 Å². The first-order valence-electron chi connectivity index (χ1n) is 7.77. The standard InChI is InChI=1S/C11H22N2.2C2H6/c1-10-3-6-13(7-4-10)9-11-2-5-12-8-11;2*1-2/h10-12H,2-9H2,1H3;2*1-2H3/t11-;;/m1../s1. The van der Waals surface area contributed by atoms with Gasteiger partial charge in [0.1, 0.15) is 0 Å². The Bertz CT molecular complexity index is 145. The SMILES string of the molecule is CC.CC.CC1CCN(C[C@@H]2CCNC2)CC1. The van der Waals surface area contributed by atoms with Crippen molar-refractivity contribution in [2.45, 2.75) is 53.9 Å². The van der Waals surface area contributed by atoms with Crippen LogP contribution in [0.5, 0.6) is 0 Å². The first kappa shape index (κ1) is 16.9. The summed E-state index contributed by atoms with van der Waals surface area (Å²) in [4.78, 5) is 2.66. The van der Waals surface area contributed by atoms with Gasteiger partial charge in [0.05, 0.1) is 0 Å². The Hall–Kier alpha value is -0.0800. The maximum atomic E-state index is 3.44. The molecule has 0 aromatic heterocycles. The zero-order chi connectivity index (χ0) is 13.1. The van der Waals surface area contributed by atoms with Gasteiger partial charge in [-0.25, -0.2) is 0 Å². The lowest BCUT2D eigenvalue weighted by molar-refractivity contribution is 0.171. The van der Waals surface area contributed by atoms with Crippen LogP contribution in [-0.4, -0.2) is 37.6 Å². The van der Waals surface area contributed by atoms with Gasteiger partial charge < -0.3 is 10.2 Å². The van der Waals surface area contributed by atoms with Crippen LogP contribution in [0.25, 0.3) is 0 Å². The molecule has 2 nitrogen and oxygen atoms in total. The van der Waals surface area contributed by atoms with E-state index in [1.807, 2.05) is 27.7 Å². The van der Waals surface area contributed by atoms with E-state index in [0.717, 1.165) is 11.8 Å². The van der Waals surface area contributed by atoms with E-state index in [1.165, 1.54) is 52.0 Å². The van der Waals surface area contributed by atoms with Crippen LogP contribution in [0.2, 0.25) is 0 Å². The molecule has 0 radical (unpaired) electrons.